The summed E-state index contributed by atoms with van der Waals surface area (Å²) in [5.74, 6) is 1.67. The van der Waals surface area contributed by atoms with Crippen molar-refractivity contribution in [3.8, 4) is 0 Å². The van der Waals surface area contributed by atoms with Gasteiger partial charge in [0.05, 0.1) is 0 Å². The van der Waals surface area contributed by atoms with Crippen molar-refractivity contribution in [2.75, 3.05) is 32.7 Å². The van der Waals surface area contributed by atoms with Crippen LogP contribution >= 0.6 is 24.0 Å². The highest BCUT2D eigenvalue weighted by Crippen LogP contribution is 2.17. The molecule has 2 aliphatic rings. The molecule has 2 N–H and O–H groups in total. The van der Waals surface area contributed by atoms with Crippen LogP contribution in [0.3, 0.4) is 0 Å². The second-order valence-corrected chi connectivity index (χ2v) is 6.46. The summed E-state index contributed by atoms with van der Waals surface area (Å²) in [6.07, 6.45) is 8.08. The Morgan fingerprint density at radius 1 is 1.19 bits per heavy atom. The number of likely N-dealkylation sites (tertiary alicyclic amines) is 1. The third-order valence-corrected chi connectivity index (χ3v) is 4.37. The Kier molecular flexibility index (Phi) is 9.64. The average molecular weight is 408 g/mol. The van der Waals surface area contributed by atoms with E-state index >= 15 is 0 Å². The minimum Gasteiger partial charge on any atom is -0.357 e. The second-order valence-electron chi connectivity index (χ2n) is 6.46. The predicted molar refractivity (Wildman–Crippen MR) is 102 cm³/mol. The predicted octanol–water partition coefficient (Wildman–Crippen LogP) is 2.83. The van der Waals surface area contributed by atoms with Crippen LogP contribution in [-0.2, 0) is 0 Å². The van der Waals surface area contributed by atoms with Gasteiger partial charge in [-0.1, -0.05) is 19.8 Å². The molecule has 1 saturated heterocycles. The van der Waals surface area contributed by atoms with Gasteiger partial charge >= 0.3 is 0 Å². The summed E-state index contributed by atoms with van der Waals surface area (Å²) < 4.78 is 0. The maximum absolute atomic E-state index is 4.79. The monoisotopic (exact) mass is 408 g/mol. The molecule has 21 heavy (non-hydrogen) atoms. The van der Waals surface area contributed by atoms with E-state index in [1.54, 1.807) is 0 Å². The van der Waals surface area contributed by atoms with Crippen molar-refractivity contribution >= 4 is 29.9 Å². The largest absolute Gasteiger partial charge is 0.357 e. The molecular formula is C16H33IN4. The van der Waals surface area contributed by atoms with Gasteiger partial charge in [-0.15, -0.1) is 24.0 Å². The zero-order chi connectivity index (χ0) is 14.2. The first-order valence-corrected chi connectivity index (χ1v) is 8.55. The first-order chi connectivity index (χ1) is 9.78. The van der Waals surface area contributed by atoms with Crippen LogP contribution in [0.1, 0.15) is 52.4 Å². The molecule has 0 radical (unpaired) electrons. The lowest BCUT2D eigenvalue weighted by atomic mass is 10.2. The summed E-state index contributed by atoms with van der Waals surface area (Å²) in [7, 11) is 0. The highest BCUT2D eigenvalue weighted by Gasteiger charge is 2.17. The van der Waals surface area contributed by atoms with Gasteiger partial charge in [0.25, 0.3) is 0 Å². The summed E-state index contributed by atoms with van der Waals surface area (Å²) >= 11 is 0. The Labute approximate surface area is 147 Å². The van der Waals surface area contributed by atoms with Gasteiger partial charge in [-0.3, -0.25) is 4.99 Å². The summed E-state index contributed by atoms with van der Waals surface area (Å²) in [4.78, 5) is 7.37. The third-order valence-electron chi connectivity index (χ3n) is 4.37. The molecule has 0 aromatic heterocycles. The summed E-state index contributed by atoms with van der Waals surface area (Å²) in [6, 6.07) is 0.640. The first-order valence-electron chi connectivity index (χ1n) is 8.55. The van der Waals surface area contributed by atoms with E-state index < -0.39 is 0 Å². The fourth-order valence-electron chi connectivity index (χ4n) is 3.29. The third kappa shape index (κ3) is 7.17. The summed E-state index contributed by atoms with van der Waals surface area (Å²) in [5.41, 5.74) is 0. The minimum absolute atomic E-state index is 0. The van der Waals surface area contributed by atoms with Crippen LogP contribution in [0.4, 0.5) is 0 Å². The van der Waals surface area contributed by atoms with Gasteiger partial charge in [0.1, 0.15) is 0 Å². The highest BCUT2D eigenvalue weighted by atomic mass is 127. The Hall–Kier alpha value is -0.0400. The molecule has 0 aromatic rings. The zero-order valence-electron chi connectivity index (χ0n) is 13.7. The van der Waals surface area contributed by atoms with E-state index in [-0.39, 0.29) is 24.0 Å². The van der Waals surface area contributed by atoms with Crippen molar-refractivity contribution in [1.29, 1.82) is 0 Å². The molecule has 2 rings (SSSR count). The summed E-state index contributed by atoms with van der Waals surface area (Å²) in [6.45, 7) is 10.1. The number of aliphatic imine (C=N–C) groups is 1. The van der Waals surface area contributed by atoms with Crippen LogP contribution in [0.25, 0.3) is 0 Å². The van der Waals surface area contributed by atoms with Gasteiger partial charge in [-0.2, -0.15) is 0 Å². The standard InChI is InChI=1S/C16H32N4.HI/c1-3-17-16(19-15-8-4-5-9-15)18-12-14(2)13-20-10-6-7-11-20;/h14-15H,3-13H2,1-2H3,(H2,17,18,19);1H. The number of guanidine groups is 1. The quantitative estimate of drug-likeness (QED) is 0.404. The Balaban J connectivity index is 0.00000220. The number of rotatable bonds is 6. The molecular weight excluding hydrogens is 375 g/mol. The number of halogens is 1. The normalized spacial score (nSPS) is 22.1. The highest BCUT2D eigenvalue weighted by molar-refractivity contribution is 14.0. The van der Waals surface area contributed by atoms with E-state index in [1.807, 2.05) is 0 Å². The van der Waals surface area contributed by atoms with Crippen LogP contribution in [0.15, 0.2) is 4.99 Å². The van der Waals surface area contributed by atoms with Crippen molar-refractivity contribution < 1.29 is 0 Å². The van der Waals surface area contributed by atoms with Crippen LogP contribution in [0, 0.1) is 5.92 Å². The van der Waals surface area contributed by atoms with Gasteiger partial charge in [0.2, 0.25) is 0 Å². The topological polar surface area (TPSA) is 39.7 Å². The van der Waals surface area contributed by atoms with Crippen molar-refractivity contribution in [2.45, 2.75) is 58.4 Å². The molecule has 124 valence electrons. The zero-order valence-corrected chi connectivity index (χ0v) is 16.1. The number of hydrogen-bond donors (Lipinski definition) is 2. The van der Waals surface area contributed by atoms with Gasteiger partial charge in [0, 0.05) is 25.7 Å². The Morgan fingerprint density at radius 3 is 2.48 bits per heavy atom. The fourth-order valence-corrected chi connectivity index (χ4v) is 3.29. The van der Waals surface area contributed by atoms with Crippen LogP contribution in [0.2, 0.25) is 0 Å². The maximum Gasteiger partial charge on any atom is 0.191 e. The van der Waals surface area contributed by atoms with Gasteiger partial charge in [0.15, 0.2) is 5.96 Å². The van der Waals surface area contributed by atoms with Crippen LogP contribution < -0.4 is 10.6 Å². The molecule has 1 aliphatic carbocycles. The smallest absolute Gasteiger partial charge is 0.191 e. The fraction of sp³-hybridized carbons (Fsp3) is 0.938. The van der Waals surface area contributed by atoms with Crippen LogP contribution in [0.5, 0.6) is 0 Å². The molecule has 0 spiro atoms. The lowest BCUT2D eigenvalue weighted by Gasteiger charge is -2.20. The molecule has 1 saturated carbocycles. The molecule has 2 fully saturated rings. The average Bonchev–Trinajstić information content (AvgIpc) is 3.09. The van der Waals surface area contributed by atoms with Crippen molar-refractivity contribution in [1.82, 2.24) is 15.5 Å². The van der Waals surface area contributed by atoms with Gasteiger partial charge in [-0.25, -0.2) is 0 Å². The van der Waals surface area contributed by atoms with E-state index in [1.165, 1.54) is 58.2 Å². The van der Waals surface area contributed by atoms with E-state index in [0.29, 0.717) is 12.0 Å². The molecule has 4 nitrogen and oxygen atoms in total. The number of nitrogens with zero attached hydrogens (tertiary/aromatic N) is 2. The lowest BCUT2D eigenvalue weighted by Crippen LogP contribution is -2.42. The minimum atomic E-state index is 0. The van der Waals surface area contributed by atoms with E-state index in [2.05, 4.69) is 29.4 Å². The Morgan fingerprint density at radius 2 is 1.86 bits per heavy atom. The van der Waals surface area contributed by atoms with Gasteiger partial charge in [-0.05, 0) is 51.6 Å². The van der Waals surface area contributed by atoms with E-state index in [4.69, 9.17) is 4.99 Å². The molecule has 0 amide bonds. The SMILES string of the molecule is CCNC(=NCC(C)CN1CCCC1)NC1CCCC1.I. The van der Waals surface area contributed by atoms with Crippen molar-refractivity contribution in [2.24, 2.45) is 10.9 Å². The molecule has 1 atom stereocenters. The molecule has 1 unspecified atom stereocenters. The Bertz CT molecular complexity index is 297. The van der Waals surface area contributed by atoms with Crippen LogP contribution in [-0.4, -0.2) is 49.6 Å². The molecule has 1 heterocycles. The van der Waals surface area contributed by atoms with Gasteiger partial charge < -0.3 is 15.5 Å². The van der Waals surface area contributed by atoms with E-state index in [0.717, 1.165) is 19.0 Å². The lowest BCUT2D eigenvalue weighted by molar-refractivity contribution is 0.291. The van der Waals surface area contributed by atoms with Crippen molar-refractivity contribution in [3.05, 3.63) is 0 Å². The molecule has 0 bridgehead atoms. The van der Waals surface area contributed by atoms with E-state index in [9.17, 15) is 0 Å². The molecule has 1 aliphatic heterocycles. The maximum atomic E-state index is 4.79. The molecule has 0 aromatic carbocycles. The number of hydrogen-bond acceptors (Lipinski definition) is 2. The molecule has 5 heteroatoms. The first kappa shape index (κ1) is 19.0. The number of nitrogens with one attached hydrogen (secondary N) is 2. The summed E-state index contributed by atoms with van der Waals surface area (Å²) in [5, 5.41) is 6.97. The second kappa shape index (κ2) is 10.6. The van der Waals surface area contributed by atoms with Crippen molar-refractivity contribution in [3.63, 3.8) is 0 Å².